The van der Waals surface area contributed by atoms with E-state index in [-0.39, 0.29) is 17.9 Å². The number of hydrogen-bond donors (Lipinski definition) is 1. The van der Waals surface area contributed by atoms with Gasteiger partial charge in [-0.05, 0) is 49.4 Å². The molecule has 1 fully saturated rings. The van der Waals surface area contributed by atoms with Gasteiger partial charge in [0.05, 0.1) is 13.2 Å². The van der Waals surface area contributed by atoms with Crippen molar-refractivity contribution >= 4 is 11.8 Å². The van der Waals surface area contributed by atoms with Crippen LogP contribution in [0.5, 0.6) is 5.75 Å². The SMILES string of the molecule is COc1ccc(CN(C(=O)CCc2ccccc2)[C@H](C)C(=O)NC[C@H]2CCCO2)cc1. The summed E-state index contributed by atoms with van der Waals surface area (Å²) in [6.45, 7) is 3.39. The Morgan fingerprint density at radius 1 is 1.13 bits per heavy atom. The Balaban J connectivity index is 1.66. The van der Waals surface area contributed by atoms with Gasteiger partial charge < -0.3 is 19.7 Å². The van der Waals surface area contributed by atoms with E-state index in [2.05, 4.69) is 5.32 Å². The third kappa shape index (κ3) is 6.82. The van der Waals surface area contributed by atoms with Gasteiger partial charge in [0, 0.05) is 26.1 Å². The van der Waals surface area contributed by atoms with Crippen LogP contribution < -0.4 is 10.1 Å². The number of carbonyl (C=O) groups is 2. The smallest absolute Gasteiger partial charge is 0.242 e. The Hall–Kier alpha value is -2.86. The molecule has 6 heteroatoms. The Morgan fingerprint density at radius 3 is 2.52 bits per heavy atom. The van der Waals surface area contributed by atoms with Crippen molar-refractivity contribution in [2.75, 3.05) is 20.3 Å². The number of hydrogen-bond acceptors (Lipinski definition) is 4. The van der Waals surface area contributed by atoms with Gasteiger partial charge in [-0.15, -0.1) is 0 Å². The maximum Gasteiger partial charge on any atom is 0.242 e. The van der Waals surface area contributed by atoms with Gasteiger partial charge in [-0.3, -0.25) is 9.59 Å². The van der Waals surface area contributed by atoms with Gasteiger partial charge in [0.2, 0.25) is 11.8 Å². The van der Waals surface area contributed by atoms with Crippen molar-refractivity contribution in [1.29, 1.82) is 0 Å². The minimum atomic E-state index is -0.577. The van der Waals surface area contributed by atoms with Gasteiger partial charge in [-0.25, -0.2) is 0 Å². The highest BCUT2D eigenvalue weighted by molar-refractivity contribution is 5.87. The highest BCUT2D eigenvalue weighted by atomic mass is 16.5. The lowest BCUT2D eigenvalue weighted by Crippen LogP contribution is -2.49. The van der Waals surface area contributed by atoms with Gasteiger partial charge >= 0.3 is 0 Å². The van der Waals surface area contributed by atoms with Gasteiger partial charge in [0.25, 0.3) is 0 Å². The molecule has 1 heterocycles. The maximum atomic E-state index is 13.1. The molecule has 6 nitrogen and oxygen atoms in total. The van der Waals surface area contributed by atoms with E-state index in [1.54, 1.807) is 18.9 Å². The number of amides is 2. The van der Waals surface area contributed by atoms with Gasteiger partial charge in [0.1, 0.15) is 11.8 Å². The predicted molar refractivity (Wildman–Crippen MR) is 120 cm³/mol. The van der Waals surface area contributed by atoms with E-state index in [1.807, 2.05) is 54.6 Å². The molecule has 1 aliphatic heterocycles. The van der Waals surface area contributed by atoms with Crippen molar-refractivity contribution < 1.29 is 19.1 Å². The summed E-state index contributed by atoms with van der Waals surface area (Å²) in [7, 11) is 1.62. The molecule has 2 aromatic rings. The summed E-state index contributed by atoms with van der Waals surface area (Å²) >= 11 is 0. The fourth-order valence-corrected chi connectivity index (χ4v) is 3.72. The average Bonchev–Trinajstić information content (AvgIpc) is 3.34. The molecule has 0 saturated carbocycles. The molecule has 1 saturated heterocycles. The lowest BCUT2D eigenvalue weighted by Gasteiger charge is -2.29. The Kier molecular flexibility index (Phi) is 8.47. The summed E-state index contributed by atoms with van der Waals surface area (Å²) in [5, 5.41) is 2.96. The number of carbonyl (C=O) groups excluding carboxylic acids is 2. The predicted octanol–water partition coefficient (Wildman–Crippen LogP) is 3.34. The van der Waals surface area contributed by atoms with Crippen molar-refractivity contribution in [3.8, 4) is 5.75 Å². The lowest BCUT2D eigenvalue weighted by molar-refractivity contribution is -0.140. The molecule has 166 valence electrons. The van der Waals surface area contributed by atoms with Crippen molar-refractivity contribution in [3.63, 3.8) is 0 Å². The van der Waals surface area contributed by atoms with Crippen LogP contribution in [0.3, 0.4) is 0 Å². The second-order valence-electron chi connectivity index (χ2n) is 7.91. The van der Waals surface area contributed by atoms with E-state index in [0.717, 1.165) is 36.3 Å². The molecule has 1 N–H and O–H groups in total. The molecular formula is C25H32N2O4. The number of nitrogens with one attached hydrogen (secondary N) is 1. The largest absolute Gasteiger partial charge is 0.497 e. The molecular weight excluding hydrogens is 392 g/mol. The first-order valence-corrected chi connectivity index (χ1v) is 10.9. The second kappa shape index (κ2) is 11.5. The van der Waals surface area contributed by atoms with E-state index in [9.17, 15) is 9.59 Å². The quantitative estimate of drug-likeness (QED) is 0.635. The molecule has 31 heavy (non-hydrogen) atoms. The highest BCUT2D eigenvalue weighted by Gasteiger charge is 2.27. The van der Waals surface area contributed by atoms with E-state index in [1.165, 1.54) is 0 Å². The Morgan fingerprint density at radius 2 is 1.87 bits per heavy atom. The summed E-state index contributed by atoms with van der Waals surface area (Å²) in [5.74, 6) is 0.560. The number of benzene rings is 2. The van der Waals surface area contributed by atoms with Crippen LogP contribution in [-0.2, 0) is 27.3 Å². The number of ether oxygens (including phenoxy) is 2. The molecule has 0 bridgehead atoms. The van der Waals surface area contributed by atoms with Crippen molar-refractivity contribution in [2.24, 2.45) is 0 Å². The van der Waals surface area contributed by atoms with E-state index in [4.69, 9.17) is 9.47 Å². The van der Waals surface area contributed by atoms with Crippen molar-refractivity contribution in [1.82, 2.24) is 10.2 Å². The Bertz CT molecular complexity index is 832. The standard InChI is InChI=1S/C25H32N2O4/c1-19(25(29)26-17-23-9-6-16-31-23)27(18-21-10-13-22(30-2)14-11-21)24(28)15-12-20-7-4-3-5-8-20/h3-5,7-8,10-11,13-14,19,23H,6,9,12,15-18H2,1-2H3,(H,26,29)/t19-,23-/m1/s1. The van der Waals surface area contributed by atoms with Gasteiger partial charge in [-0.1, -0.05) is 42.5 Å². The summed E-state index contributed by atoms with van der Waals surface area (Å²) in [5.41, 5.74) is 2.06. The summed E-state index contributed by atoms with van der Waals surface area (Å²) in [6, 6.07) is 16.9. The summed E-state index contributed by atoms with van der Waals surface area (Å²) in [4.78, 5) is 27.6. The zero-order chi connectivity index (χ0) is 22.1. The van der Waals surface area contributed by atoms with Crippen LogP contribution in [-0.4, -0.2) is 49.1 Å². The van der Waals surface area contributed by atoms with E-state index < -0.39 is 6.04 Å². The summed E-state index contributed by atoms with van der Waals surface area (Å²) in [6.07, 6.45) is 3.05. The zero-order valence-corrected chi connectivity index (χ0v) is 18.4. The van der Waals surface area contributed by atoms with Crippen molar-refractivity contribution in [2.45, 2.75) is 51.3 Å². The zero-order valence-electron chi connectivity index (χ0n) is 18.4. The first kappa shape index (κ1) is 22.8. The second-order valence-corrected chi connectivity index (χ2v) is 7.91. The molecule has 0 aliphatic carbocycles. The van der Waals surface area contributed by atoms with E-state index in [0.29, 0.717) is 25.9 Å². The van der Waals surface area contributed by atoms with Gasteiger partial charge in [-0.2, -0.15) is 0 Å². The third-order valence-electron chi connectivity index (χ3n) is 5.68. The van der Waals surface area contributed by atoms with Crippen LogP contribution in [0.25, 0.3) is 0 Å². The fourth-order valence-electron chi connectivity index (χ4n) is 3.72. The van der Waals surface area contributed by atoms with Crippen LogP contribution in [0.15, 0.2) is 54.6 Å². The van der Waals surface area contributed by atoms with Crippen LogP contribution in [0, 0.1) is 0 Å². The lowest BCUT2D eigenvalue weighted by atomic mass is 10.1. The normalized spacial score (nSPS) is 16.5. The van der Waals surface area contributed by atoms with Crippen LogP contribution in [0.4, 0.5) is 0 Å². The van der Waals surface area contributed by atoms with Crippen molar-refractivity contribution in [3.05, 3.63) is 65.7 Å². The average molecular weight is 425 g/mol. The minimum absolute atomic E-state index is 0.0422. The Labute approximate surface area is 184 Å². The molecule has 0 unspecified atom stereocenters. The number of nitrogens with zero attached hydrogens (tertiary/aromatic N) is 1. The summed E-state index contributed by atoms with van der Waals surface area (Å²) < 4.78 is 10.8. The molecule has 3 rings (SSSR count). The molecule has 1 aliphatic rings. The molecule has 2 amide bonds. The van der Waals surface area contributed by atoms with Crippen LogP contribution in [0.1, 0.15) is 37.3 Å². The molecule has 0 spiro atoms. The number of rotatable bonds is 10. The maximum absolute atomic E-state index is 13.1. The first-order chi connectivity index (χ1) is 15.1. The monoisotopic (exact) mass is 424 g/mol. The molecule has 2 aromatic carbocycles. The van der Waals surface area contributed by atoms with Crippen LogP contribution >= 0.6 is 0 Å². The third-order valence-corrected chi connectivity index (χ3v) is 5.68. The molecule has 0 radical (unpaired) electrons. The number of methoxy groups -OCH3 is 1. The highest BCUT2D eigenvalue weighted by Crippen LogP contribution is 2.17. The van der Waals surface area contributed by atoms with E-state index >= 15 is 0 Å². The fraction of sp³-hybridized carbons (Fsp3) is 0.440. The first-order valence-electron chi connectivity index (χ1n) is 10.9. The van der Waals surface area contributed by atoms with Gasteiger partial charge in [0.15, 0.2) is 0 Å². The van der Waals surface area contributed by atoms with Crippen LogP contribution in [0.2, 0.25) is 0 Å². The molecule has 2 atom stereocenters. The minimum Gasteiger partial charge on any atom is -0.497 e. The number of aryl methyl sites for hydroxylation is 1. The topological polar surface area (TPSA) is 67.9 Å². The molecule has 0 aromatic heterocycles.